The average molecular weight is 726 g/mol. The van der Waals surface area contributed by atoms with Gasteiger partial charge in [-0.2, -0.15) is 0 Å². The van der Waals surface area contributed by atoms with Crippen LogP contribution in [0.3, 0.4) is 0 Å². The number of hydrogen-bond acceptors (Lipinski definition) is 5. The summed E-state index contributed by atoms with van der Waals surface area (Å²) >= 11 is 0. The van der Waals surface area contributed by atoms with Crippen molar-refractivity contribution in [1.29, 1.82) is 0 Å². The van der Waals surface area contributed by atoms with Gasteiger partial charge in [-0.05, 0) is 67.3 Å². The standard InChI is InChI=1S/C38H48NO5.HI/c1-5-6-16-35-37(33-15-11-12-17-34(33)44-35)38(41)30-20-24-32(25-21-30)42-26-13-9-7-8-10-14-27-43-36(40)28-29-18-22-31(23-19-29)39(2,3)4;/h11-12,15,17-25H,5-10,13-14,16,26-28H2,1-4H3;1H/q+1;/p-1. The Morgan fingerprint density at radius 3 is 2.07 bits per heavy atom. The fraction of sp³-hybridized carbons (Fsp3) is 0.421. The highest BCUT2D eigenvalue weighted by molar-refractivity contribution is 6.16. The summed E-state index contributed by atoms with van der Waals surface area (Å²) in [6, 6.07) is 23.4. The molecule has 6 nitrogen and oxygen atoms in total. The second kappa shape index (κ2) is 18.1. The second-order valence-corrected chi connectivity index (χ2v) is 12.4. The van der Waals surface area contributed by atoms with Gasteiger partial charge < -0.3 is 37.9 Å². The van der Waals surface area contributed by atoms with Gasteiger partial charge in [0.05, 0.1) is 46.3 Å². The van der Waals surface area contributed by atoms with E-state index in [1.54, 1.807) is 0 Å². The monoisotopic (exact) mass is 725 g/mol. The number of quaternary nitrogens is 1. The molecule has 4 aromatic rings. The molecule has 0 saturated carbocycles. The fourth-order valence-corrected chi connectivity index (χ4v) is 5.27. The highest BCUT2D eigenvalue weighted by Crippen LogP contribution is 2.30. The number of carbonyl (C=O) groups excluding carboxylic acids is 2. The lowest BCUT2D eigenvalue weighted by Crippen LogP contribution is -3.00. The normalized spacial score (nSPS) is 11.3. The van der Waals surface area contributed by atoms with Crippen molar-refractivity contribution in [1.82, 2.24) is 4.48 Å². The van der Waals surface area contributed by atoms with Gasteiger partial charge in [-0.15, -0.1) is 0 Å². The van der Waals surface area contributed by atoms with Crippen molar-refractivity contribution >= 4 is 28.4 Å². The van der Waals surface area contributed by atoms with Gasteiger partial charge in [0, 0.05) is 17.4 Å². The van der Waals surface area contributed by atoms with Crippen LogP contribution in [0.25, 0.3) is 11.0 Å². The first-order chi connectivity index (χ1) is 21.3. The molecule has 0 atom stereocenters. The third-order valence-electron chi connectivity index (χ3n) is 7.90. The molecular formula is C38H48INO5. The predicted molar refractivity (Wildman–Crippen MR) is 179 cm³/mol. The van der Waals surface area contributed by atoms with E-state index >= 15 is 0 Å². The Morgan fingerprint density at radius 1 is 0.756 bits per heavy atom. The van der Waals surface area contributed by atoms with Crippen molar-refractivity contribution < 1.29 is 47.5 Å². The number of benzene rings is 3. The molecule has 0 aliphatic carbocycles. The third-order valence-corrected chi connectivity index (χ3v) is 7.90. The Bertz CT molecular complexity index is 1490. The Kier molecular flexibility index (Phi) is 14.6. The zero-order valence-electron chi connectivity index (χ0n) is 27.3. The van der Waals surface area contributed by atoms with Crippen LogP contribution in [-0.4, -0.2) is 46.1 Å². The number of aryl methyl sites for hydroxylation is 1. The van der Waals surface area contributed by atoms with Crippen molar-refractivity contribution in [3.8, 4) is 5.75 Å². The second-order valence-electron chi connectivity index (χ2n) is 12.4. The van der Waals surface area contributed by atoms with E-state index in [0.29, 0.717) is 30.8 Å². The van der Waals surface area contributed by atoms with Crippen molar-refractivity contribution in [2.75, 3.05) is 34.4 Å². The van der Waals surface area contributed by atoms with Crippen molar-refractivity contribution in [3.63, 3.8) is 0 Å². The highest BCUT2D eigenvalue weighted by atomic mass is 127. The summed E-state index contributed by atoms with van der Waals surface area (Å²) in [5.74, 6) is 1.38. The third kappa shape index (κ3) is 11.0. The quantitative estimate of drug-likeness (QED) is 0.0433. The minimum atomic E-state index is -0.163. The molecule has 0 amide bonds. The van der Waals surface area contributed by atoms with Crippen LogP contribution in [0.5, 0.6) is 5.75 Å². The first-order valence-electron chi connectivity index (χ1n) is 16.1. The van der Waals surface area contributed by atoms with E-state index in [2.05, 4.69) is 40.2 Å². The van der Waals surface area contributed by atoms with Crippen molar-refractivity contribution in [2.24, 2.45) is 0 Å². The fourth-order valence-electron chi connectivity index (χ4n) is 5.27. The van der Waals surface area contributed by atoms with Gasteiger partial charge in [0.25, 0.3) is 0 Å². The molecule has 0 aliphatic heterocycles. The van der Waals surface area contributed by atoms with Crippen LogP contribution in [0.2, 0.25) is 0 Å². The molecule has 7 heteroatoms. The molecule has 0 spiro atoms. The van der Waals surface area contributed by atoms with Crippen LogP contribution in [0, 0.1) is 0 Å². The zero-order valence-corrected chi connectivity index (χ0v) is 29.4. The predicted octanol–water partition coefficient (Wildman–Crippen LogP) is 5.71. The number of halogens is 1. The molecule has 1 heterocycles. The largest absolute Gasteiger partial charge is 1.00 e. The molecule has 0 aliphatic rings. The summed E-state index contributed by atoms with van der Waals surface area (Å²) in [5, 5.41) is 0.877. The molecule has 0 unspecified atom stereocenters. The van der Waals surface area contributed by atoms with E-state index in [9.17, 15) is 9.59 Å². The molecular weight excluding hydrogens is 677 g/mol. The van der Waals surface area contributed by atoms with E-state index in [-0.39, 0.29) is 35.7 Å². The number of rotatable bonds is 18. The highest BCUT2D eigenvalue weighted by Gasteiger charge is 2.21. The summed E-state index contributed by atoms with van der Waals surface area (Å²) in [6.07, 6.45) is 9.35. The van der Waals surface area contributed by atoms with Gasteiger partial charge in [-0.3, -0.25) is 14.1 Å². The van der Waals surface area contributed by atoms with Gasteiger partial charge in [-0.25, -0.2) is 0 Å². The molecule has 0 fully saturated rings. The summed E-state index contributed by atoms with van der Waals surface area (Å²) in [7, 11) is 6.36. The first kappa shape index (κ1) is 36.3. The lowest BCUT2D eigenvalue weighted by atomic mass is 9.98. The smallest absolute Gasteiger partial charge is 0.310 e. The van der Waals surface area contributed by atoms with Crippen LogP contribution in [0.4, 0.5) is 5.69 Å². The maximum Gasteiger partial charge on any atom is 0.310 e. The molecule has 0 N–H and O–H groups in total. The van der Waals surface area contributed by atoms with E-state index in [4.69, 9.17) is 13.9 Å². The zero-order chi connectivity index (χ0) is 31.4. The molecule has 1 aromatic heterocycles. The molecule has 242 valence electrons. The van der Waals surface area contributed by atoms with Crippen LogP contribution >= 0.6 is 0 Å². The lowest BCUT2D eigenvalue weighted by Gasteiger charge is -2.23. The molecule has 0 radical (unpaired) electrons. The van der Waals surface area contributed by atoms with Gasteiger partial charge in [-0.1, -0.05) is 69.4 Å². The summed E-state index contributed by atoms with van der Waals surface area (Å²) < 4.78 is 18.2. The number of unbranched alkanes of at least 4 members (excludes halogenated alkanes) is 6. The van der Waals surface area contributed by atoms with E-state index < -0.39 is 0 Å². The number of hydrogen-bond donors (Lipinski definition) is 0. The Morgan fingerprint density at radius 2 is 1.40 bits per heavy atom. The first-order valence-corrected chi connectivity index (χ1v) is 16.1. The maximum atomic E-state index is 13.5. The number of nitrogens with zero attached hydrogens (tertiary/aromatic N) is 1. The Labute approximate surface area is 285 Å². The topological polar surface area (TPSA) is 65.7 Å². The summed E-state index contributed by atoms with van der Waals surface area (Å²) in [6.45, 7) is 3.27. The summed E-state index contributed by atoms with van der Waals surface area (Å²) in [4.78, 5) is 25.6. The van der Waals surface area contributed by atoms with Gasteiger partial charge in [0.1, 0.15) is 22.8 Å². The van der Waals surface area contributed by atoms with Crippen LogP contribution in [0.1, 0.15) is 85.5 Å². The van der Waals surface area contributed by atoms with Gasteiger partial charge in [0.15, 0.2) is 5.78 Å². The van der Waals surface area contributed by atoms with Crippen LogP contribution < -0.4 is 33.2 Å². The van der Waals surface area contributed by atoms with E-state index in [0.717, 1.165) is 90.3 Å². The molecule has 0 bridgehead atoms. The van der Waals surface area contributed by atoms with Gasteiger partial charge >= 0.3 is 5.97 Å². The number of esters is 1. The minimum Gasteiger partial charge on any atom is -1.00 e. The van der Waals surface area contributed by atoms with E-state index in [1.807, 2.05) is 60.7 Å². The Hall–Kier alpha value is -3.17. The number of ketones is 1. The average Bonchev–Trinajstić information content (AvgIpc) is 3.39. The summed E-state index contributed by atoms with van der Waals surface area (Å²) in [5.41, 5.74) is 4.27. The van der Waals surface area contributed by atoms with Crippen LogP contribution in [-0.2, 0) is 22.4 Å². The number of furan rings is 1. The Balaban J connectivity index is 0.00000552. The SMILES string of the molecule is CCCCc1oc2ccccc2c1C(=O)c1ccc(OCCCCCCCCOC(=O)Cc2ccc([N+](C)(C)C)cc2)cc1.[I-]. The molecule has 0 saturated heterocycles. The number of fused-ring (bicyclic) bond motifs is 1. The minimum absolute atomic E-state index is 0. The molecule has 45 heavy (non-hydrogen) atoms. The number of carbonyl (C=O) groups is 2. The lowest BCUT2D eigenvalue weighted by molar-refractivity contribution is -0.142. The maximum absolute atomic E-state index is 13.5. The van der Waals surface area contributed by atoms with Gasteiger partial charge in [0.2, 0.25) is 0 Å². The molecule has 4 rings (SSSR count). The molecule has 3 aromatic carbocycles. The van der Waals surface area contributed by atoms with Crippen molar-refractivity contribution in [3.05, 3.63) is 95.2 Å². The number of ether oxygens (including phenoxy) is 2. The van der Waals surface area contributed by atoms with Crippen molar-refractivity contribution in [2.45, 2.75) is 71.1 Å². The number of para-hydroxylation sites is 1. The van der Waals surface area contributed by atoms with E-state index in [1.165, 1.54) is 5.69 Å². The van der Waals surface area contributed by atoms with Crippen LogP contribution in [0.15, 0.2) is 77.2 Å².